The van der Waals surface area contributed by atoms with E-state index in [1.807, 2.05) is 22.6 Å². The lowest BCUT2D eigenvalue weighted by Gasteiger charge is -2.28. The fourth-order valence-electron chi connectivity index (χ4n) is 2.06. The Morgan fingerprint density at radius 3 is 2.67 bits per heavy atom. The smallest absolute Gasteiger partial charge is 0.255 e. The van der Waals surface area contributed by atoms with Crippen LogP contribution in [0.5, 0.6) is 0 Å². The lowest BCUT2D eigenvalue weighted by Crippen LogP contribution is -2.46. The van der Waals surface area contributed by atoms with Gasteiger partial charge < -0.3 is 14.5 Å². The fraction of sp³-hybridized carbons (Fsp3) is 0.429. The quantitative estimate of drug-likeness (QED) is 0.713. The first-order chi connectivity index (χ1) is 9.99. The molecular weight excluding hydrogens is 390 g/mol. The van der Waals surface area contributed by atoms with Crippen molar-refractivity contribution in [2.45, 2.75) is 0 Å². The summed E-state index contributed by atoms with van der Waals surface area (Å²) < 4.78 is 18.8. The molecule has 0 unspecified atom stereocenters. The van der Waals surface area contributed by atoms with Crippen molar-refractivity contribution in [2.24, 2.45) is 0 Å². The number of carbonyl (C=O) groups excluding carboxylic acids is 2. The second kappa shape index (κ2) is 7.17. The van der Waals surface area contributed by atoms with E-state index >= 15 is 0 Å². The third-order valence-electron chi connectivity index (χ3n) is 3.24. The number of hydrogen-bond donors (Lipinski definition) is 0. The molecule has 21 heavy (non-hydrogen) atoms. The maximum Gasteiger partial charge on any atom is 0.255 e. The number of likely N-dealkylation sites (N-methyl/N-ethyl adjacent to an activating group) is 1. The fourth-order valence-corrected chi connectivity index (χ4v) is 2.76. The Hall–Kier alpha value is -1.22. The summed E-state index contributed by atoms with van der Waals surface area (Å²) >= 11 is 1.91. The molecule has 5 nitrogen and oxygen atoms in total. The Kier molecular flexibility index (Phi) is 5.51. The van der Waals surface area contributed by atoms with Crippen molar-refractivity contribution >= 4 is 34.4 Å². The highest BCUT2D eigenvalue weighted by Gasteiger charge is 2.22. The van der Waals surface area contributed by atoms with E-state index in [-0.39, 0.29) is 24.2 Å². The Labute approximate surface area is 136 Å². The molecule has 1 aliphatic heterocycles. The molecule has 0 spiro atoms. The van der Waals surface area contributed by atoms with E-state index in [0.29, 0.717) is 35.4 Å². The molecule has 0 atom stereocenters. The summed E-state index contributed by atoms with van der Waals surface area (Å²) in [5, 5.41) is 0. The van der Waals surface area contributed by atoms with Crippen LogP contribution >= 0.6 is 22.6 Å². The molecule has 0 aliphatic carbocycles. The summed E-state index contributed by atoms with van der Waals surface area (Å²) in [6.07, 6.45) is 0. The summed E-state index contributed by atoms with van der Waals surface area (Å²) in [4.78, 5) is 27.4. The highest BCUT2D eigenvalue weighted by molar-refractivity contribution is 14.1. The normalized spacial score (nSPS) is 14.9. The summed E-state index contributed by atoms with van der Waals surface area (Å²) in [6, 6.07) is 3.98. The van der Waals surface area contributed by atoms with Gasteiger partial charge in [0.15, 0.2) is 0 Å². The number of nitrogens with zero attached hydrogens (tertiary/aromatic N) is 2. The summed E-state index contributed by atoms with van der Waals surface area (Å²) in [6.45, 7) is 2.16. The van der Waals surface area contributed by atoms with E-state index in [4.69, 9.17) is 4.74 Å². The highest BCUT2D eigenvalue weighted by atomic mass is 127. The maximum absolute atomic E-state index is 13.1. The Morgan fingerprint density at radius 1 is 1.38 bits per heavy atom. The van der Waals surface area contributed by atoms with E-state index in [1.54, 1.807) is 11.9 Å². The summed E-state index contributed by atoms with van der Waals surface area (Å²) in [5.41, 5.74) is 0.397. The molecule has 114 valence electrons. The molecule has 1 fully saturated rings. The minimum Gasteiger partial charge on any atom is -0.378 e. The number of carbonyl (C=O) groups is 2. The van der Waals surface area contributed by atoms with Crippen LogP contribution in [0.2, 0.25) is 0 Å². The van der Waals surface area contributed by atoms with E-state index < -0.39 is 0 Å². The second-order valence-corrected chi connectivity index (χ2v) is 5.94. The monoisotopic (exact) mass is 406 g/mol. The number of hydrogen-bond acceptors (Lipinski definition) is 3. The zero-order valence-corrected chi connectivity index (χ0v) is 13.8. The topological polar surface area (TPSA) is 49.9 Å². The first-order valence-electron chi connectivity index (χ1n) is 6.55. The molecular formula is C14H16FIN2O3. The van der Waals surface area contributed by atoms with Gasteiger partial charge in [-0.1, -0.05) is 0 Å². The van der Waals surface area contributed by atoms with Gasteiger partial charge in [-0.15, -0.1) is 0 Å². The summed E-state index contributed by atoms with van der Waals surface area (Å²) in [7, 11) is 1.57. The average Bonchev–Trinajstić information content (AvgIpc) is 2.47. The van der Waals surface area contributed by atoms with Gasteiger partial charge in [0, 0.05) is 23.7 Å². The Morgan fingerprint density at radius 2 is 2.05 bits per heavy atom. The number of amides is 2. The van der Waals surface area contributed by atoms with Crippen molar-refractivity contribution in [2.75, 3.05) is 39.9 Å². The van der Waals surface area contributed by atoms with Gasteiger partial charge in [-0.05, 0) is 40.8 Å². The van der Waals surface area contributed by atoms with Gasteiger partial charge in [-0.3, -0.25) is 9.59 Å². The molecule has 0 saturated carbocycles. The van der Waals surface area contributed by atoms with Crippen LogP contribution in [0.1, 0.15) is 10.4 Å². The molecule has 0 N–H and O–H groups in total. The van der Waals surface area contributed by atoms with E-state index in [2.05, 4.69) is 0 Å². The molecule has 1 heterocycles. The summed E-state index contributed by atoms with van der Waals surface area (Å²) in [5.74, 6) is -0.782. The average molecular weight is 406 g/mol. The van der Waals surface area contributed by atoms with Crippen LogP contribution in [0.4, 0.5) is 4.39 Å². The molecule has 1 aromatic carbocycles. The third-order valence-corrected chi connectivity index (χ3v) is 4.14. The second-order valence-electron chi connectivity index (χ2n) is 4.78. The first-order valence-corrected chi connectivity index (χ1v) is 7.63. The molecule has 0 radical (unpaired) electrons. The highest BCUT2D eigenvalue weighted by Crippen LogP contribution is 2.15. The third kappa shape index (κ3) is 4.13. The number of morpholine rings is 1. The van der Waals surface area contributed by atoms with Crippen LogP contribution in [0.25, 0.3) is 0 Å². The van der Waals surface area contributed by atoms with Crippen LogP contribution in [-0.4, -0.2) is 61.5 Å². The van der Waals surface area contributed by atoms with E-state index in [0.717, 1.165) is 0 Å². The van der Waals surface area contributed by atoms with Gasteiger partial charge in [0.2, 0.25) is 5.91 Å². The lowest BCUT2D eigenvalue weighted by atomic mass is 10.2. The van der Waals surface area contributed by atoms with Crippen molar-refractivity contribution in [3.63, 3.8) is 0 Å². The minimum absolute atomic E-state index is 0.00624. The predicted octanol–water partition coefficient (Wildman–Crippen LogP) is 1.36. The van der Waals surface area contributed by atoms with Crippen molar-refractivity contribution in [3.8, 4) is 0 Å². The minimum atomic E-state index is -0.386. The largest absolute Gasteiger partial charge is 0.378 e. The van der Waals surface area contributed by atoms with Crippen LogP contribution in [-0.2, 0) is 9.53 Å². The zero-order chi connectivity index (χ0) is 15.4. The van der Waals surface area contributed by atoms with Gasteiger partial charge in [-0.25, -0.2) is 4.39 Å². The molecule has 0 aromatic heterocycles. The van der Waals surface area contributed by atoms with Gasteiger partial charge >= 0.3 is 0 Å². The van der Waals surface area contributed by atoms with Crippen LogP contribution in [0, 0.1) is 9.39 Å². The number of benzene rings is 1. The van der Waals surface area contributed by atoms with Crippen molar-refractivity contribution in [1.29, 1.82) is 0 Å². The van der Waals surface area contributed by atoms with E-state index in [9.17, 15) is 14.0 Å². The van der Waals surface area contributed by atoms with Gasteiger partial charge in [0.1, 0.15) is 5.82 Å². The predicted molar refractivity (Wildman–Crippen MR) is 83.5 cm³/mol. The number of halogens is 2. The molecule has 2 amide bonds. The Balaban J connectivity index is 2.00. The number of ether oxygens (including phenoxy) is 1. The maximum atomic E-state index is 13.1. The van der Waals surface area contributed by atoms with Crippen molar-refractivity contribution < 1.29 is 18.7 Å². The molecule has 1 aliphatic rings. The molecule has 2 rings (SSSR count). The molecule has 1 aromatic rings. The first kappa shape index (κ1) is 16.2. The van der Waals surface area contributed by atoms with Gasteiger partial charge in [0.05, 0.1) is 25.3 Å². The lowest BCUT2D eigenvalue weighted by molar-refractivity contribution is -0.135. The Bertz CT molecular complexity index is 547. The van der Waals surface area contributed by atoms with Gasteiger partial charge in [-0.2, -0.15) is 0 Å². The standard InChI is InChI=1S/C14H16FIN2O3/c1-17(9-13(19)18-4-6-21-7-5-18)14(20)11-3-2-10(15)8-12(11)16/h2-3,8H,4-7,9H2,1H3. The van der Waals surface area contributed by atoms with Crippen LogP contribution in [0.3, 0.4) is 0 Å². The van der Waals surface area contributed by atoms with E-state index in [1.165, 1.54) is 23.1 Å². The van der Waals surface area contributed by atoms with Gasteiger partial charge in [0.25, 0.3) is 5.91 Å². The number of rotatable bonds is 3. The molecule has 7 heteroatoms. The molecule has 1 saturated heterocycles. The SMILES string of the molecule is CN(CC(=O)N1CCOCC1)C(=O)c1ccc(F)cc1I. The molecule has 0 bridgehead atoms. The van der Waals surface area contributed by atoms with Crippen molar-refractivity contribution in [3.05, 3.63) is 33.1 Å². The van der Waals surface area contributed by atoms with Crippen LogP contribution < -0.4 is 0 Å². The zero-order valence-electron chi connectivity index (χ0n) is 11.6. The van der Waals surface area contributed by atoms with Crippen molar-refractivity contribution in [1.82, 2.24) is 9.80 Å². The van der Waals surface area contributed by atoms with Crippen LogP contribution in [0.15, 0.2) is 18.2 Å².